The maximum atomic E-state index is 6.34. The van der Waals surface area contributed by atoms with E-state index in [2.05, 4.69) is 45.9 Å². The van der Waals surface area contributed by atoms with Crippen LogP contribution in [0.15, 0.2) is 30.3 Å². The van der Waals surface area contributed by atoms with Crippen molar-refractivity contribution in [2.75, 3.05) is 27.6 Å². The van der Waals surface area contributed by atoms with E-state index < -0.39 is 18.3 Å². The summed E-state index contributed by atoms with van der Waals surface area (Å²) in [5, 5.41) is 2.22. The Morgan fingerprint density at radius 2 is 1.67 bits per heavy atom. The van der Waals surface area contributed by atoms with Crippen LogP contribution in [0.5, 0.6) is 5.75 Å². The fourth-order valence-corrected chi connectivity index (χ4v) is 3.30. The molecule has 1 heterocycles. The number of fused-ring (bicyclic) bond motifs is 1. The highest BCUT2D eigenvalue weighted by Gasteiger charge is 2.52. The van der Waals surface area contributed by atoms with Crippen molar-refractivity contribution in [1.82, 2.24) is 0 Å². The third-order valence-corrected chi connectivity index (χ3v) is 5.49. The lowest BCUT2D eigenvalue weighted by Gasteiger charge is -2.32. The van der Waals surface area contributed by atoms with Crippen LogP contribution >= 0.6 is 0 Å². The Kier molecular flexibility index (Phi) is 5.82. The molecule has 2 aromatic carbocycles. The first-order valence-electron chi connectivity index (χ1n) is 9.31. The molecule has 0 bridgehead atoms. The summed E-state index contributed by atoms with van der Waals surface area (Å²) in [4.78, 5) is 0. The number of ether oxygens (including phenoxy) is 3. The van der Waals surface area contributed by atoms with Gasteiger partial charge in [0, 0.05) is 14.2 Å². The van der Waals surface area contributed by atoms with Crippen molar-refractivity contribution in [3.63, 3.8) is 0 Å². The largest absolute Gasteiger partial charge is 0.495 e. The van der Waals surface area contributed by atoms with Gasteiger partial charge in [0.25, 0.3) is 0 Å². The molecule has 3 rings (SSSR count). The molecule has 0 atom stereocenters. The van der Waals surface area contributed by atoms with Crippen LogP contribution < -0.4 is 10.2 Å². The monoisotopic (exact) mass is 372 g/mol. The van der Waals surface area contributed by atoms with E-state index in [1.807, 2.05) is 12.1 Å². The molecule has 27 heavy (non-hydrogen) atoms. The molecule has 6 heteroatoms. The van der Waals surface area contributed by atoms with Crippen LogP contribution in [0.3, 0.4) is 0 Å². The topological polar surface area (TPSA) is 46.2 Å². The fourth-order valence-electron chi connectivity index (χ4n) is 3.30. The van der Waals surface area contributed by atoms with Crippen LogP contribution in [0, 0.1) is 0 Å². The van der Waals surface area contributed by atoms with Crippen molar-refractivity contribution in [3.8, 4) is 5.75 Å². The zero-order chi connectivity index (χ0) is 19.7. The predicted octanol–water partition coefficient (Wildman–Crippen LogP) is 3.31. The third kappa shape index (κ3) is 3.99. The Balaban J connectivity index is 2.12. The van der Waals surface area contributed by atoms with Gasteiger partial charge in [0.1, 0.15) is 5.75 Å². The van der Waals surface area contributed by atoms with Gasteiger partial charge >= 0.3 is 7.12 Å². The molecule has 0 aliphatic carbocycles. The summed E-state index contributed by atoms with van der Waals surface area (Å²) in [5.41, 5.74) is 1.37. The second-order valence-corrected chi connectivity index (χ2v) is 7.91. The molecule has 5 nitrogen and oxygen atoms in total. The van der Waals surface area contributed by atoms with Crippen molar-refractivity contribution >= 4 is 23.4 Å². The average Bonchev–Trinajstić information content (AvgIpc) is 2.84. The van der Waals surface area contributed by atoms with Crippen LogP contribution in [0.1, 0.15) is 33.3 Å². The highest BCUT2D eigenvalue weighted by molar-refractivity contribution is 6.65. The van der Waals surface area contributed by atoms with Gasteiger partial charge in [-0.3, -0.25) is 0 Å². The van der Waals surface area contributed by atoms with Crippen LogP contribution in [0.2, 0.25) is 0 Å². The van der Waals surface area contributed by atoms with E-state index in [1.165, 1.54) is 5.56 Å². The molecule has 1 saturated heterocycles. The molecule has 1 aliphatic rings. The molecule has 0 amide bonds. The summed E-state index contributed by atoms with van der Waals surface area (Å²) in [6, 6.07) is 10.3. The van der Waals surface area contributed by atoms with Crippen LogP contribution in [-0.4, -0.2) is 45.9 Å². The first kappa shape index (κ1) is 20.1. The minimum absolute atomic E-state index is 0.192. The van der Waals surface area contributed by atoms with Gasteiger partial charge in [-0.15, -0.1) is 0 Å². The zero-order valence-corrected chi connectivity index (χ0v) is 17.1. The highest BCUT2D eigenvalue weighted by Crippen LogP contribution is 2.37. The van der Waals surface area contributed by atoms with E-state index >= 15 is 0 Å². The van der Waals surface area contributed by atoms with Gasteiger partial charge in [0.2, 0.25) is 0 Å². The van der Waals surface area contributed by atoms with Gasteiger partial charge in [0.15, 0.2) is 6.79 Å². The molecule has 146 valence electrons. The molecular formula is C21H29BO5. The summed E-state index contributed by atoms with van der Waals surface area (Å²) in [6.45, 7) is 9.10. The molecule has 0 saturated carbocycles. The summed E-state index contributed by atoms with van der Waals surface area (Å²) in [7, 11) is 2.86. The highest BCUT2D eigenvalue weighted by atomic mass is 16.7. The third-order valence-electron chi connectivity index (χ3n) is 5.49. The SMILES string of the molecule is COCCc1cccc2cc(OCOC)cc(B3OC(C)(C)C(C)(C)O3)c12. The maximum Gasteiger partial charge on any atom is 0.495 e. The molecule has 0 radical (unpaired) electrons. The number of rotatable bonds is 7. The number of hydrogen-bond donors (Lipinski definition) is 0. The summed E-state index contributed by atoms with van der Waals surface area (Å²) in [5.74, 6) is 0.734. The summed E-state index contributed by atoms with van der Waals surface area (Å²) < 4.78 is 28.8. The van der Waals surface area contributed by atoms with Crippen molar-refractivity contribution in [3.05, 3.63) is 35.9 Å². The van der Waals surface area contributed by atoms with E-state index in [-0.39, 0.29) is 6.79 Å². The average molecular weight is 372 g/mol. The Morgan fingerprint density at radius 3 is 2.30 bits per heavy atom. The van der Waals surface area contributed by atoms with Gasteiger partial charge < -0.3 is 23.5 Å². The molecule has 0 aromatic heterocycles. The minimum Gasteiger partial charge on any atom is -0.468 e. The lowest BCUT2D eigenvalue weighted by Crippen LogP contribution is -2.41. The quantitative estimate of drug-likeness (QED) is 0.551. The number of hydrogen-bond acceptors (Lipinski definition) is 5. The van der Waals surface area contributed by atoms with Gasteiger partial charge in [0.05, 0.1) is 17.8 Å². The van der Waals surface area contributed by atoms with Gasteiger partial charge in [-0.05, 0) is 68.0 Å². The maximum absolute atomic E-state index is 6.34. The van der Waals surface area contributed by atoms with Crippen molar-refractivity contribution in [2.24, 2.45) is 0 Å². The Bertz CT molecular complexity index is 787. The van der Waals surface area contributed by atoms with Crippen molar-refractivity contribution in [1.29, 1.82) is 0 Å². The molecule has 2 aromatic rings. The predicted molar refractivity (Wildman–Crippen MR) is 108 cm³/mol. The van der Waals surface area contributed by atoms with E-state index in [4.69, 9.17) is 23.5 Å². The lowest BCUT2D eigenvalue weighted by atomic mass is 9.74. The Morgan fingerprint density at radius 1 is 0.963 bits per heavy atom. The standard InChI is InChI=1S/C21H29BO5/c1-20(2)21(3,4)27-22(26-20)18-13-17(25-14-24-6)12-16-9-7-8-15(19(16)18)10-11-23-5/h7-9,12-13H,10-11,14H2,1-6H3. The van der Waals surface area contributed by atoms with E-state index in [9.17, 15) is 0 Å². The lowest BCUT2D eigenvalue weighted by molar-refractivity contribution is 0.00578. The minimum atomic E-state index is -0.465. The second-order valence-electron chi connectivity index (χ2n) is 7.91. The first-order valence-corrected chi connectivity index (χ1v) is 9.31. The Labute approximate surface area is 162 Å². The normalized spacial score (nSPS) is 18.2. The molecule has 0 spiro atoms. The summed E-state index contributed by atoms with van der Waals surface area (Å²) >= 11 is 0. The Hall–Kier alpha value is -1.60. The van der Waals surface area contributed by atoms with Crippen LogP contribution in [0.25, 0.3) is 10.8 Å². The van der Waals surface area contributed by atoms with Crippen molar-refractivity contribution in [2.45, 2.75) is 45.3 Å². The van der Waals surface area contributed by atoms with E-state index in [0.717, 1.165) is 28.4 Å². The molecule has 0 N–H and O–H groups in total. The summed E-state index contributed by atoms with van der Waals surface area (Å²) in [6.07, 6.45) is 0.818. The van der Waals surface area contributed by atoms with Gasteiger partial charge in [-0.1, -0.05) is 18.2 Å². The fraction of sp³-hybridized carbons (Fsp3) is 0.524. The van der Waals surface area contributed by atoms with Crippen LogP contribution in [-0.2, 0) is 25.2 Å². The molecule has 1 aliphatic heterocycles. The van der Waals surface area contributed by atoms with E-state index in [0.29, 0.717) is 6.61 Å². The second kappa shape index (κ2) is 7.80. The van der Waals surface area contributed by atoms with Gasteiger partial charge in [-0.2, -0.15) is 0 Å². The molecule has 1 fully saturated rings. The van der Waals surface area contributed by atoms with Gasteiger partial charge in [-0.25, -0.2) is 0 Å². The molecular weight excluding hydrogens is 343 g/mol. The van der Waals surface area contributed by atoms with Crippen molar-refractivity contribution < 1.29 is 23.5 Å². The van der Waals surface area contributed by atoms with E-state index in [1.54, 1.807) is 14.2 Å². The smallest absolute Gasteiger partial charge is 0.468 e. The first-order chi connectivity index (χ1) is 12.8. The zero-order valence-electron chi connectivity index (χ0n) is 17.1. The number of benzene rings is 2. The van der Waals surface area contributed by atoms with Crippen LogP contribution in [0.4, 0.5) is 0 Å². The number of methoxy groups -OCH3 is 2. The molecule has 0 unspecified atom stereocenters.